The predicted octanol–water partition coefficient (Wildman–Crippen LogP) is 2.93. The molecule has 0 atom stereocenters. The third kappa shape index (κ3) is 6.95. The van der Waals surface area contributed by atoms with Crippen LogP contribution in [0.2, 0.25) is 0 Å². The number of hydrogen-bond donors (Lipinski definition) is 2. The number of guanidine groups is 1. The van der Waals surface area contributed by atoms with E-state index in [1.807, 2.05) is 36.9 Å². The molecule has 0 spiro atoms. The van der Waals surface area contributed by atoms with Gasteiger partial charge in [-0.05, 0) is 26.3 Å². The van der Waals surface area contributed by atoms with Crippen LogP contribution in [0.5, 0.6) is 0 Å². The average molecular weight is 471 g/mol. The number of aryl methyl sites for hydroxylation is 2. The van der Waals surface area contributed by atoms with Crippen molar-refractivity contribution in [2.75, 3.05) is 19.7 Å². The molecule has 7 heteroatoms. The van der Waals surface area contributed by atoms with Gasteiger partial charge in [-0.15, -0.1) is 24.0 Å². The van der Waals surface area contributed by atoms with Gasteiger partial charge in [0.15, 0.2) is 5.96 Å². The predicted molar refractivity (Wildman–Crippen MR) is 117 cm³/mol. The van der Waals surface area contributed by atoms with Crippen LogP contribution in [0, 0.1) is 13.8 Å². The first-order valence-corrected chi connectivity index (χ1v) is 8.74. The molecule has 0 aliphatic heterocycles. The molecule has 0 aliphatic carbocycles. The third-order valence-electron chi connectivity index (χ3n) is 4.05. The fourth-order valence-corrected chi connectivity index (χ4v) is 2.55. The Morgan fingerprint density at radius 3 is 2.54 bits per heavy atom. The Labute approximate surface area is 173 Å². The van der Waals surface area contributed by atoms with Crippen LogP contribution in [-0.4, -0.2) is 35.4 Å². The van der Waals surface area contributed by atoms with Crippen molar-refractivity contribution in [3.8, 4) is 0 Å². The maximum Gasteiger partial charge on any atom is 0.191 e. The summed E-state index contributed by atoms with van der Waals surface area (Å²) in [5.74, 6) is 0.800. The molecule has 2 rings (SSSR count). The van der Waals surface area contributed by atoms with E-state index in [4.69, 9.17) is 4.74 Å². The lowest BCUT2D eigenvalue weighted by Crippen LogP contribution is -2.39. The first-order valence-electron chi connectivity index (χ1n) is 8.74. The number of hydrogen-bond acceptors (Lipinski definition) is 3. The van der Waals surface area contributed by atoms with Gasteiger partial charge in [-0.3, -0.25) is 4.68 Å². The zero-order chi connectivity index (χ0) is 18.1. The van der Waals surface area contributed by atoms with Crippen molar-refractivity contribution in [2.45, 2.75) is 33.9 Å². The maximum atomic E-state index is 5.69. The summed E-state index contributed by atoms with van der Waals surface area (Å²) in [6.07, 6.45) is 0. The van der Waals surface area contributed by atoms with Crippen LogP contribution in [0.4, 0.5) is 0 Å². The van der Waals surface area contributed by atoms with Crippen molar-refractivity contribution in [3.05, 3.63) is 52.8 Å². The second kappa shape index (κ2) is 11.9. The van der Waals surface area contributed by atoms with Crippen molar-refractivity contribution >= 4 is 29.9 Å². The van der Waals surface area contributed by atoms with Gasteiger partial charge in [0, 0.05) is 31.4 Å². The van der Waals surface area contributed by atoms with Crippen molar-refractivity contribution in [2.24, 2.45) is 12.0 Å². The summed E-state index contributed by atoms with van der Waals surface area (Å²) in [5.41, 5.74) is 4.56. The lowest BCUT2D eigenvalue weighted by Gasteiger charge is -2.11. The van der Waals surface area contributed by atoms with Crippen molar-refractivity contribution in [1.29, 1.82) is 0 Å². The normalized spacial score (nSPS) is 11.2. The number of nitrogens with zero attached hydrogens (tertiary/aromatic N) is 3. The minimum Gasteiger partial charge on any atom is -0.375 e. The highest BCUT2D eigenvalue weighted by Crippen LogP contribution is 2.12. The molecule has 0 bridgehead atoms. The summed E-state index contributed by atoms with van der Waals surface area (Å²) in [6.45, 7) is 9.56. The minimum absolute atomic E-state index is 0. The number of ether oxygens (including phenoxy) is 1. The summed E-state index contributed by atoms with van der Waals surface area (Å²) in [7, 11) is 1.96. The molecule has 0 unspecified atom stereocenters. The SMILES string of the molecule is CCNC(=NCc1c(C)nn(C)c1C)NCCOCc1ccccc1.I. The van der Waals surface area contributed by atoms with Crippen molar-refractivity contribution in [3.63, 3.8) is 0 Å². The number of halogens is 1. The van der Waals surface area contributed by atoms with Gasteiger partial charge in [0.05, 0.1) is 25.5 Å². The zero-order valence-electron chi connectivity index (χ0n) is 16.1. The lowest BCUT2D eigenvalue weighted by atomic mass is 10.2. The van der Waals surface area contributed by atoms with Gasteiger partial charge in [-0.2, -0.15) is 5.10 Å². The largest absolute Gasteiger partial charge is 0.375 e. The summed E-state index contributed by atoms with van der Waals surface area (Å²) in [6, 6.07) is 10.2. The molecule has 0 saturated carbocycles. The molecule has 0 fully saturated rings. The minimum atomic E-state index is 0. The molecule has 6 nitrogen and oxygen atoms in total. The number of aliphatic imine (C=N–C) groups is 1. The van der Waals surface area contributed by atoms with Crippen LogP contribution in [0.1, 0.15) is 29.4 Å². The number of nitrogens with one attached hydrogen (secondary N) is 2. The Bertz CT molecular complexity index is 685. The van der Waals surface area contributed by atoms with E-state index in [2.05, 4.69) is 46.7 Å². The second-order valence-electron chi connectivity index (χ2n) is 5.93. The summed E-state index contributed by atoms with van der Waals surface area (Å²) >= 11 is 0. The molecule has 2 N–H and O–H groups in total. The summed E-state index contributed by atoms with van der Waals surface area (Å²) in [4.78, 5) is 4.66. The molecule has 1 heterocycles. The molecule has 26 heavy (non-hydrogen) atoms. The fourth-order valence-electron chi connectivity index (χ4n) is 2.55. The summed E-state index contributed by atoms with van der Waals surface area (Å²) < 4.78 is 7.59. The molecular weight excluding hydrogens is 441 g/mol. The number of rotatable bonds is 8. The van der Waals surface area contributed by atoms with Gasteiger partial charge in [-0.1, -0.05) is 30.3 Å². The molecule has 144 valence electrons. The maximum absolute atomic E-state index is 5.69. The van der Waals surface area contributed by atoms with Crippen LogP contribution >= 0.6 is 24.0 Å². The Morgan fingerprint density at radius 1 is 1.19 bits per heavy atom. The molecule has 2 aromatic rings. The monoisotopic (exact) mass is 471 g/mol. The Hall–Kier alpha value is -1.61. The smallest absolute Gasteiger partial charge is 0.191 e. The van der Waals surface area contributed by atoms with Crippen LogP contribution < -0.4 is 10.6 Å². The molecule has 1 aromatic heterocycles. The highest BCUT2D eigenvalue weighted by molar-refractivity contribution is 14.0. The zero-order valence-corrected chi connectivity index (χ0v) is 18.4. The quantitative estimate of drug-likeness (QED) is 0.269. The van der Waals surface area contributed by atoms with E-state index in [1.165, 1.54) is 11.1 Å². The topological polar surface area (TPSA) is 63.5 Å². The molecular formula is C19H30IN5O. The van der Waals surface area contributed by atoms with E-state index < -0.39 is 0 Å². The number of aromatic nitrogens is 2. The highest BCUT2D eigenvalue weighted by Gasteiger charge is 2.08. The third-order valence-corrected chi connectivity index (χ3v) is 4.05. The van der Waals surface area contributed by atoms with Gasteiger partial charge in [0.25, 0.3) is 0 Å². The van der Waals surface area contributed by atoms with Gasteiger partial charge in [-0.25, -0.2) is 4.99 Å². The van der Waals surface area contributed by atoms with Crippen LogP contribution in [0.25, 0.3) is 0 Å². The number of benzene rings is 1. The standard InChI is InChI=1S/C19H29N5O.HI/c1-5-20-19(22-13-18-15(2)23-24(4)16(18)3)21-11-12-25-14-17-9-7-6-8-10-17;/h6-10H,5,11-14H2,1-4H3,(H2,20,21,22);1H. The van der Waals surface area contributed by atoms with Crippen LogP contribution in [0.3, 0.4) is 0 Å². The van der Waals surface area contributed by atoms with Gasteiger partial charge in [0.2, 0.25) is 0 Å². The molecule has 0 saturated heterocycles. The van der Waals surface area contributed by atoms with E-state index >= 15 is 0 Å². The molecule has 0 aliphatic rings. The van der Waals surface area contributed by atoms with E-state index in [0.717, 1.165) is 23.9 Å². The van der Waals surface area contributed by atoms with E-state index in [0.29, 0.717) is 26.3 Å². The Balaban J connectivity index is 0.00000338. The van der Waals surface area contributed by atoms with Gasteiger partial charge >= 0.3 is 0 Å². The second-order valence-corrected chi connectivity index (χ2v) is 5.93. The Morgan fingerprint density at radius 2 is 1.92 bits per heavy atom. The van der Waals surface area contributed by atoms with Crippen molar-refractivity contribution < 1.29 is 4.74 Å². The van der Waals surface area contributed by atoms with Crippen molar-refractivity contribution in [1.82, 2.24) is 20.4 Å². The fraction of sp³-hybridized carbons (Fsp3) is 0.474. The first-order chi connectivity index (χ1) is 12.1. The van der Waals surface area contributed by atoms with Crippen LogP contribution in [-0.2, 0) is 24.9 Å². The lowest BCUT2D eigenvalue weighted by molar-refractivity contribution is 0.125. The first kappa shape index (κ1) is 22.4. The van der Waals surface area contributed by atoms with E-state index in [1.54, 1.807) is 0 Å². The highest BCUT2D eigenvalue weighted by atomic mass is 127. The average Bonchev–Trinajstić information content (AvgIpc) is 2.85. The molecule has 0 amide bonds. The van der Waals surface area contributed by atoms with E-state index in [-0.39, 0.29) is 24.0 Å². The van der Waals surface area contributed by atoms with Gasteiger partial charge < -0.3 is 15.4 Å². The molecule has 0 radical (unpaired) electrons. The van der Waals surface area contributed by atoms with E-state index in [9.17, 15) is 0 Å². The van der Waals surface area contributed by atoms with Gasteiger partial charge in [0.1, 0.15) is 0 Å². The Kier molecular flexibility index (Phi) is 10.3. The van der Waals surface area contributed by atoms with Crippen LogP contribution in [0.15, 0.2) is 35.3 Å². The summed E-state index contributed by atoms with van der Waals surface area (Å²) in [5, 5.41) is 11.0. The molecule has 1 aromatic carbocycles.